The number of allylic oxidation sites excluding steroid dienone is 2. The molecule has 72 heavy (non-hydrogen) atoms. The lowest BCUT2D eigenvalue weighted by atomic mass is 10.0. The molecule has 0 radical (unpaired) electrons. The summed E-state index contributed by atoms with van der Waals surface area (Å²) in [6.45, 7) is 4.98. The maximum absolute atomic E-state index is 12.5. The van der Waals surface area contributed by atoms with E-state index in [0.29, 0.717) is 25.9 Å². The van der Waals surface area contributed by atoms with E-state index in [2.05, 4.69) is 31.3 Å². The van der Waals surface area contributed by atoms with Crippen molar-refractivity contribution < 1.29 is 24.5 Å². The van der Waals surface area contributed by atoms with E-state index in [1.54, 1.807) is 0 Å². The van der Waals surface area contributed by atoms with Crippen LogP contribution in [0, 0.1) is 0 Å². The topological polar surface area (TPSA) is 95.9 Å². The van der Waals surface area contributed by atoms with Gasteiger partial charge >= 0.3 is 5.97 Å². The summed E-state index contributed by atoms with van der Waals surface area (Å²) in [5.41, 5.74) is 0. The van der Waals surface area contributed by atoms with E-state index >= 15 is 0 Å². The van der Waals surface area contributed by atoms with Crippen molar-refractivity contribution in [3.63, 3.8) is 0 Å². The van der Waals surface area contributed by atoms with Crippen molar-refractivity contribution in [3.8, 4) is 0 Å². The molecule has 0 aromatic carbocycles. The second-order valence-corrected chi connectivity index (χ2v) is 22.8. The molecule has 2 atom stereocenters. The fourth-order valence-electron chi connectivity index (χ4n) is 10.5. The third-order valence-electron chi connectivity index (χ3n) is 15.6. The fourth-order valence-corrected chi connectivity index (χ4v) is 10.5. The quantitative estimate of drug-likeness (QED) is 0.0320. The Labute approximate surface area is 450 Å². The number of aliphatic hydroxyl groups excluding tert-OH is 2. The highest BCUT2D eigenvalue weighted by atomic mass is 16.5. The fraction of sp³-hybridized carbons (Fsp3) is 0.939. The Morgan fingerprint density at radius 3 is 0.986 bits per heavy atom. The first kappa shape index (κ1) is 70.6. The van der Waals surface area contributed by atoms with E-state index in [4.69, 9.17) is 4.74 Å². The number of hydrogen-bond acceptors (Lipinski definition) is 5. The van der Waals surface area contributed by atoms with Crippen molar-refractivity contribution in [2.24, 2.45) is 0 Å². The molecule has 1 amide bonds. The van der Waals surface area contributed by atoms with Crippen LogP contribution in [0.3, 0.4) is 0 Å². The molecule has 0 spiro atoms. The number of nitrogens with one attached hydrogen (secondary N) is 1. The second-order valence-electron chi connectivity index (χ2n) is 22.8. The van der Waals surface area contributed by atoms with Gasteiger partial charge in [-0.15, -0.1) is 0 Å². The molecule has 0 heterocycles. The van der Waals surface area contributed by atoms with Crippen LogP contribution < -0.4 is 5.32 Å². The monoisotopic (exact) mass is 1020 g/mol. The lowest BCUT2D eigenvalue weighted by molar-refractivity contribution is -0.143. The van der Waals surface area contributed by atoms with E-state index in [-0.39, 0.29) is 18.5 Å². The number of ether oxygens (including phenoxy) is 1. The van der Waals surface area contributed by atoms with Gasteiger partial charge in [0.2, 0.25) is 5.91 Å². The van der Waals surface area contributed by atoms with Gasteiger partial charge in [-0.2, -0.15) is 0 Å². The summed E-state index contributed by atoms with van der Waals surface area (Å²) < 4.78 is 5.48. The van der Waals surface area contributed by atoms with Crippen LogP contribution in [0.2, 0.25) is 0 Å². The first-order chi connectivity index (χ1) is 35.5. The molecule has 6 nitrogen and oxygen atoms in total. The van der Waals surface area contributed by atoms with E-state index in [9.17, 15) is 19.8 Å². The molecule has 0 aliphatic rings. The third-order valence-corrected chi connectivity index (χ3v) is 15.6. The maximum atomic E-state index is 12.5. The Morgan fingerprint density at radius 1 is 0.375 bits per heavy atom. The molecule has 0 aliphatic heterocycles. The van der Waals surface area contributed by atoms with Gasteiger partial charge in [0.05, 0.1) is 25.4 Å². The number of aliphatic hydroxyl groups is 2. The van der Waals surface area contributed by atoms with Crippen LogP contribution in [-0.2, 0) is 14.3 Å². The maximum Gasteiger partial charge on any atom is 0.305 e. The van der Waals surface area contributed by atoms with Gasteiger partial charge in [0, 0.05) is 12.8 Å². The van der Waals surface area contributed by atoms with Gasteiger partial charge in [0.1, 0.15) is 0 Å². The highest BCUT2D eigenvalue weighted by Crippen LogP contribution is 2.18. The highest BCUT2D eigenvalue weighted by molar-refractivity contribution is 5.76. The molecule has 2 unspecified atom stereocenters. The molecule has 0 rings (SSSR count). The van der Waals surface area contributed by atoms with Crippen LogP contribution in [0.1, 0.15) is 373 Å². The predicted octanol–water partition coefficient (Wildman–Crippen LogP) is 20.8. The zero-order valence-electron chi connectivity index (χ0n) is 48.9. The molecule has 0 fully saturated rings. The Balaban J connectivity index is 3.35. The molecule has 0 saturated carbocycles. The van der Waals surface area contributed by atoms with Gasteiger partial charge in [-0.05, 0) is 51.4 Å². The van der Waals surface area contributed by atoms with Gasteiger partial charge in [-0.25, -0.2) is 0 Å². The van der Waals surface area contributed by atoms with Gasteiger partial charge < -0.3 is 20.3 Å². The van der Waals surface area contributed by atoms with Gasteiger partial charge in [0.25, 0.3) is 0 Å². The van der Waals surface area contributed by atoms with E-state index in [0.717, 1.165) is 38.5 Å². The van der Waals surface area contributed by atoms with Crippen molar-refractivity contribution in [2.45, 2.75) is 386 Å². The van der Waals surface area contributed by atoms with Crippen LogP contribution in [-0.4, -0.2) is 47.4 Å². The van der Waals surface area contributed by atoms with Gasteiger partial charge in [-0.3, -0.25) is 9.59 Å². The molecule has 3 N–H and O–H groups in total. The number of esters is 1. The molecular formula is C66H129NO5. The summed E-state index contributed by atoms with van der Waals surface area (Å²) >= 11 is 0. The van der Waals surface area contributed by atoms with E-state index in [1.807, 2.05) is 0 Å². The first-order valence-corrected chi connectivity index (χ1v) is 32.9. The van der Waals surface area contributed by atoms with Crippen LogP contribution in [0.15, 0.2) is 12.2 Å². The molecule has 6 heteroatoms. The average molecular weight is 1020 g/mol. The van der Waals surface area contributed by atoms with Crippen molar-refractivity contribution >= 4 is 11.9 Å². The van der Waals surface area contributed by atoms with Gasteiger partial charge in [-0.1, -0.05) is 321 Å². The minimum Gasteiger partial charge on any atom is -0.466 e. The standard InChI is InChI=1S/C66H129NO5/c1-3-5-7-9-11-13-15-34-38-42-46-50-54-58-64(69)63(62-68)67-65(70)59-55-51-47-43-39-36-32-30-28-26-24-22-20-18-17-19-21-23-25-27-29-31-33-37-41-45-49-53-57-61-72-66(71)60-56-52-48-44-40-35-16-14-12-10-8-6-4-2/h17,19,63-64,68-69H,3-16,18,20-62H2,1-2H3,(H,67,70)/b19-17-. The number of rotatable bonds is 62. The Kier molecular flexibility index (Phi) is 60.9. The predicted molar refractivity (Wildman–Crippen MR) is 315 cm³/mol. The lowest BCUT2D eigenvalue weighted by Gasteiger charge is -2.22. The Bertz CT molecular complexity index is 1080. The van der Waals surface area contributed by atoms with E-state index < -0.39 is 12.1 Å². The van der Waals surface area contributed by atoms with Crippen LogP contribution >= 0.6 is 0 Å². The summed E-state index contributed by atoms with van der Waals surface area (Å²) in [5.74, 6) is -0.0134. The summed E-state index contributed by atoms with van der Waals surface area (Å²) in [4.78, 5) is 24.5. The normalized spacial score (nSPS) is 12.6. The van der Waals surface area contributed by atoms with Crippen LogP contribution in [0.5, 0.6) is 0 Å². The zero-order chi connectivity index (χ0) is 52.2. The van der Waals surface area contributed by atoms with E-state index in [1.165, 1.54) is 302 Å². The molecule has 0 saturated heterocycles. The van der Waals surface area contributed by atoms with Crippen molar-refractivity contribution in [2.75, 3.05) is 13.2 Å². The smallest absolute Gasteiger partial charge is 0.305 e. The number of carbonyl (C=O) groups excluding carboxylic acids is 2. The molecule has 428 valence electrons. The Morgan fingerprint density at radius 2 is 0.653 bits per heavy atom. The summed E-state index contributed by atoms with van der Waals surface area (Å²) in [5, 5.41) is 23.3. The SMILES string of the molecule is CCCCCCCCCCCCCCCC(=O)OCCCCCCCCCCCCCC/C=C\CCCCCCCCCCCCCCCC(=O)NC(CO)C(O)CCCCCCCCCCCCCCC. The molecule has 0 bridgehead atoms. The molecular weight excluding hydrogens is 887 g/mol. The largest absolute Gasteiger partial charge is 0.466 e. The van der Waals surface area contributed by atoms with Crippen molar-refractivity contribution in [1.82, 2.24) is 5.32 Å². The Hall–Kier alpha value is -1.40. The first-order valence-electron chi connectivity index (χ1n) is 32.9. The molecule has 0 aliphatic carbocycles. The van der Waals surface area contributed by atoms with Crippen molar-refractivity contribution in [1.29, 1.82) is 0 Å². The highest BCUT2D eigenvalue weighted by Gasteiger charge is 2.20. The second kappa shape index (κ2) is 62.1. The number of hydrogen-bond donors (Lipinski definition) is 3. The molecule has 0 aromatic rings. The number of carbonyl (C=O) groups is 2. The number of amides is 1. The number of unbranched alkanes of at least 4 members (excludes halogenated alkanes) is 49. The summed E-state index contributed by atoms with van der Waals surface area (Å²) in [6.07, 6.45) is 75.3. The molecule has 0 aromatic heterocycles. The summed E-state index contributed by atoms with van der Waals surface area (Å²) in [7, 11) is 0. The summed E-state index contributed by atoms with van der Waals surface area (Å²) in [6, 6.07) is -0.539. The average Bonchev–Trinajstić information content (AvgIpc) is 3.38. The van der Waals surface area contributed by atoms with Crippen molar-refractivity contribution in [3.05, 3.63) is 12.2 Å². The minimum absolute atomic E-state index is 0.0187. The third kappa shape index (κ3) is 57.9. The minimum atomic E-state index is -0.662. The lowest BCUT2D eigenvalue weighted by Crippen LogP contribution is -2.45. The van der Waals surface area contributed by atoms with Crippen LogP contribution in [0.25, 0.3) is 0 Å². The van der Waals surface area contributed by atoms with Gasteiger partial charge in [0.15, 0.2) is 0 Å². The van der Waals surface area contributed by atoms with Crippen LogP contribution in [0.4, 0.5) is 0 Å². The zero-order valence-corrected chi connectivity index (χ0v) is 48.9.